The molecule has 4 rings (SSSR count). The molecule has 1 amide bonds. The van der Waals surface area contributed by atoms with Gasteiger partial charge in [-0.2, -0.15) is 0 Å². The Bertz CT molecular complexity index is 999. The first-order valence-corrected chi connectivity index (χ1v) is 10.0. The van der Waals surface area contributed by atoms with Crippen LogP contribution < -0.4 is 15.0 Å². The van der Waals surface area contributed by atoms with Crippen molar-refractivity contribution in [2.24, 2.45) is 0 Å². The fraction of sp³-hybridized carbons (Fsp3) is 0.250. The zero-order valence-corrected chi connectivity index (χ0v) is 16.8. The molecule has 0 spiro atoms. The van der Waals surface area contributed by atoms with Crippen molar-refractivity contribution in [3.05, 3.63) is 78.0 Å². The van der Waals surface area contributed by atoms with E-state index in [-0.39, 0.29) is 12.0 Å². The summed E-state index contributed by atoms with van der Waals surface area (Å²) in [7, 11) is 0. The molecule has 0 saturated carbocycles. The summed E-state index contributed by atoms with van der Waals surface area (Å²) in [6.07, 6.45) is 3.84. The summed E-state index contributed by atoms with van der Waals surface area (Å²) in [5.41, 5.74) is 3.70. The van der Waals surface area contributed by atoms with Crippen molar-refractivity contribution in [2.75, 3.05) is 16.8 Å². The van der Waals surface area contributed by atoms with Crippen LogP contribution in [0.1, 0.15) is 36.2 Å². The predicted molar refractivity (Wildman–Crippen MR) is 116 cm³/mol. The van der Waals surface area contributed by atoms with Crippen LogP contribution in [0.4, 0.5) is 17.2 Å². The molecule has 0 bridgehead atoms. The number of pyridine rings is 1. The molecule has 0 fully saturated rings. The van der Waals surface area contributed by atoms with E-state index in [0.29, 0.717) is 17.0 Å². The van der Waals surface area contributed by atoms with Crippen LogP contribution in [0.5, 0.6) is 5.75 Å². The third kappa shape index (κ3) is 4.24. The number of benzene rings is 2. The molecule has 1 aliphatic rings. The quantitative estimate of drug-likeness (QED) is 0.653. The van der Waals surface area contributed by atoms with Gasteiger partial charge in [-0.25, -0.2) is 4.98 Å². The van der Waals surface area contributed by atoms with Crippen molar-refractivity contribution in [3.8, 4) is 5.75 Å². The summed E-state index contributed by atoms with van der Waals surface area (Å²) in [4.78, 5) is 19.5. The minimum Gasteiger partial charge on any atom is -0.489 e. The molecule has 0 unspecified atom stereocenters. The number of nitrogens with one attached hydrogen (secondary N) is 1. The number of aromatic nitrogens is 1. The number of nitrogens with zero attached hydrogens (tertiary/aromatic N) is 2. The van der Waals surface area contributed by atoms with Gasteiger partial charge in [-0.15, -0.1) is 0 Å². The molecule has 2 aromatic carbocycles. The monoisotopic (exact) mass is 387 g/mol. The number of ether oxygens (including phenoxy) is 1. The molecule has 1 N–H and O–H groups in total. The Morgan fingerprint density at radius 2 is 1.86 bits per heavy atom. The van der Waals surface area contributed by atoms with Crippen LogP contribution in [0.3, 0.4) is 0 Å². The molecular weight excluding hydrogens is 362 g/mol. The molecule has 2 heterocycles. The van der Waals surface area contributed by atoms with Gasteiger partial charge in [0.15, 0.2) is 0 Å². The van der Waals surface area contributed by atoms with E-state index in [1.165, 1.54) is 11.3 Å². The Kier molecular flexibility index (Phi) is 5.47. The maximum Gasteiger partial charge on any atom is 0.257 e. The largest absolute Gasteiger partial charge is 0.489 e. The summed E-state index contributed by atoms with van der Waals surface area (Å²) in [6.45, 7) is 4.84. The van der Waals surface area contributed by atoms with Crippen molar-refractivity contribution in [1.29, 1.82) is 0 Å². The topological polar surface area (TPSA) is 54.5 Å². The fourth-order valence-corrected chi connectivity index (χ4v) is 3.57. The van der Waals surface area contributed by atoms with Crippen LogP contribution in [0.25, 0.3) is 0 Å². The molecule has 29 heavy (non-hydrogen) atoms. The lowest BCUT2D eigenvalue weighted by Gasteiger charge is -2.30. The second-order valence-electron chi connectivity index (χ2n) is 7.41. The van der Waals surface area contributed by atoms with Gasteiger partial charge in [-0.3, -0.25) is 4.79 Å². The molecule has 1 aliphatic heterocycles. The Hall–Kier alpha value is -3.34. The number of carbonyl (C=O) groups excluding carboxylic acids is 1. The van der Waals surface area contributed by atoms with E-state index in [0.717, 1.165) is 25.2 Å². The number of carbonyl (C=O) groups is 1. The predicted octanol–water partition coefficient (Wildman–Crippen LogP) is 5.21. The zero-order valence-electron chi connectivity index (χ0n) is 16.8. The lowest BCUT2D eigenvalue weighted by atomic mass is 10.0. The van der Waals surface area contributed by atoms with Crippen molar-refractivity contribution in [3.63, 3.8) is 0 Å². The first-order chi connectivity index (χ1) is 14.1. The highest BCUT2D eigenvalue weighted by atomic mass is 16.5. The Morgan fingerprint density at radius 3 is 2.66 bits per heavy atom. The summed E-state index contributed by atoms with van der Waals surface area (Å²) >= 11 is 0. The summed E-state index contributed by atoms with van der Waals surface area (Å²) < 4.78 is 5.78. The fourth-order valence-electron chi connectivity index (χ4n) is 3.57. The SMILES string of the molecule is CC(C)Oc1ccccc1NC(=O)c1ccc(N2CCCc3ccccc32)nc1. The van der Waals surface area contributed by atoms with Crippen LogP contribution in [0.2, 0.25) is 0 Å². The van der Waals surface area contributed by atoms with Crippen molar-refractivity contribution >= 4 is 23.1 Å². The number of amides is 1. The van der Waals surface area contributed by atoms with Gasteiger partial charge in [0.25, 0.3) is 5.91 Å². The molecule has 148 valence electrons. The Labute approximate surface area is 171 Å². The number of aryl methyl sites for hydroxylation is 1. The van der Waals surface area contributed by atoms with Crippen LogP contribution >= 0.6 is 0 Å². The molecule has 5 heteroatoms. The van der Waals surface area contributed by atoms with E-state index in [9.17, 15) is 4.79 Å². The highest BCUT2D eigenvalue weighted by Crippen LogP contribution is 2.32. The number of rotatable bonds is 5. The van der Waals surface area contributed by atoms with E-state index >= 15 is 0 Å². The molecule has 1 aromatic heterocycles. The van der Waals surface area contributed by atoms with E-state index in [4.69, 9.17) is 4.74 Å². The van der Waals surface area contributed by atoms with E-state index in [1.54, 1.807) is 6.20 Å². The average Bonchev–Trinajstić information content (AvgIpc) is 2.74. The van der Waals surface area contributed by atoms with Gasteiger partial charge < -0.3 is 15.0 Å². The Balaban J connectivity index is 1.51. The third-order valence-electron chi connectivity index (χ3n) is 4.89. The maximum absolute atomic E-state index is 12.7. The second kappa shape index (κ2) is 8.35. The maximum atomic E-state index is 12.7. The van der Waals surface area contributed by atoms with Crippen molar-refractivity contribution in [2.45, 2.75) is 32.8 Å². The van der Waals surface area contributed by atoms with Crippen LogP contribution in [-0.2, 0) is 6.42 Å². The smallest absolute Gasteiger partial charge is 0.257 e. The van der Waals surface area contributed by atoms with Crippen molar-refractivity contribution in [1.82, 2.24) is 4.98 Å². The number of anilines is 3. The molecule has 0 radical (unpaired) electrons. The summed E-state index contributed by atoms with van der Waals surface area (Å²) in [6, 6.07) is 19.6. The van der Waals surface area contributed by atoms with E-state index in [1.807, 2.05) is 50.2 Å². The van der Waals surface area contributed by atoms with Gasteiger partial charge in [0.2, 0.25) is 0 Å². The van der Waals surface area contributed by atoms with Crippen LogP contribution in [0.15, 0.2) is 66.9 Å². The highest BCUT2D eigenvalue weighted by Gasteiger charge is 2.19. The van der Waals surface area contributed by atoms with Gasteiger partial charge in [-0.05, 0) is 62.6 Å². The van der Waals surface area contributed by atoms with Crippen molar-refractivity contribution < 1.29 is 9.53 Å². The third-order valence-corrected chi connectivity index (χ3v) is 4.89. The Morgan fingerprint density at radius 1 is 1.07 bits per heavy atom. The number of para-hydroxylation sites is 3. The minimum atomic E-state index is -0.206. The number of hydrogen-bond donors (Lipinski definition) is 1. The standard InChI is InChI=1S/C24H25N3O2/c1-17(2)29-22-12-6-4-10-20(22)26-24(28)19-13-14-23(25-16-19)27-15-7-9-18-8-3-5-11-21(18)27/h3-6,8,10-14,16-17H,7,9,15H2,1-2H3,(H,26,28). The molecule has 5 nitrogen and oxygen atoms in total. The summed E-state index contributed by atoms with van der Waals surface area (Å²) in [5, 5.41) is 2.93. The molecule has 0 saturated heterocycles. The molecule has 0 aliphatic carbocycles. The van der Waals surface area contributed by atoms with Gasteiger partial charge in [0.05, 0.1) is 17.4 Å². The summed E-state index contributed by atoms with van der Waals surface area (Å²) in [5.74, 6) is 1.31. The minimum absolute atomic E-state index is 0.0291. The first kappa shape index (κ1) is 19.0. The van der Waals surface area contributed by atoms with Gasteiger partial charge in [-0.1, -0.05) is 30.3 Å². The molecule has 3 aromatic rings. The second-order valence-corrected chi connectivity index (χ2v) is 7.41. The number of fused-ring (bicyclic) bond motifs is 1. The highest BCUT2D eigenvalue weighted by molar-refractivity contribution is 6.05. The van der Waals surface area contributed by atoms with Crippen LogP contribution in [-0.4, -0.2) is 23.5 Å². The van der Waals surface area contributed by atoms with E-state index < -0.39 is 0 Å². The molecule has 0 atom stereocenters. The van der Waals surface area contributed by atoms with Gasteiger partial charge in [0.1, 0.15) is 11.6 Å². The van der Waals surface area contributed by atoms with Gasteiger partial charge >= 0.3 is 0 Å². The van der Waals surface area contributed by atoms with Crippen LogP contribution in [0, 0.1) is 0 Å². The van der Waals surface area contributed by atoms with Gasteiger partial charge in [0, 0.05) is 18.4 Å². The van der Waals surface area contributed by atoms with E-state index in [2.05, 4.69) is 39.5 Å². The lowest BCUT2D eigenvalue weighted by Crippen LogP contribution is -2.25. The average molecular weight is 387 g/mol. The lowest BCUT2D eigenvalue weighted by molar-refractivity contribution is 0.102. The molecular formula is C24H25N3O2. The number of hydrogen-bond acceptors (Lipinski definition) is 4. The normalized spacial score (nSPS) is 13.1. The first-order valence-electron chi connectivity index (χ1n) is 10.0. The zero-order chi connectivity index (χ0) is 20.2.